The SMILES string of the molecule is CCO[C@@H](C)C(/C=N/Nc1ccccc1)=N\Nc1ccccc1. The van der Waals surface area contributed by atoms with Crippen LogP contribution in [0.5, 0.6) is 0 Å². The van der Waals surface area contributed by atoms with Crippen LogP contribution in [-0.2, 0) is 4.74 Å². The van der Waals surface area contributed by atoms with Gasteiger partial charge in [-0.2, -0.15) is 10.2 Å². The van der Waals surface area contributed by atoms with Crippen LogP contribution < -0.4 is 10.9 Å². The number of ether oxygens (including phenoxy) is 1. The second-order valence-electron chi connectivity index (χ2n) is 4.85. The standard InChI is InChI=1S/C18H22N4O/c1-3-23-15(2)18(22-21-17-12-8-5-9-13-17)14-19-20-16-10-6-4-7-11-16/h4-15,20-21H,3H2,1-2H3/b19-14+,22-18-/t15-/m0/s1. The van der Waals surface area contributed by atoms with Crippen molar-refractivity contribution < 1.29 is 4.74 Å². The van der Waals surface area contributed by atoms with Crippen molar-refractivity contribution in [2.24, 2.45) is 10.2 Å². The van der Waals surface area contributed by atoms with E-state index in [-0.39, 0.29) is 6.10 Å². The molecule has 0 aromatic heterocycles. The van der Waals surface area contributed by atoms with E-state index in [4.69, 9.17) is 4.74 Å². The van der Waals surface area contributed by atoms with E-state index >= 15 is 0 Å². The molecule has 2 N–H and O–H groups in total. The van der Waals surface area contributed by atoms with E-state index in [0.29, 0.717) is 12.3 Å². The average molecular weight is 310 g/mol. The molecule has 0 radical (unpaired) electrons. The first-order chi connectivity index (χ1) is 11.3. The van der Waals surface area contributed by atoms with Crippen LogP contribution in [0.4, 0.5) is 11.4 Å². The predicted octanol–water partition coefficient (Wildman–Crippen LogP) is 3.98. The molecule has 0 heterocycles. The predicted molar refractivity (Wildman–Crippen MR) is 97.1 cm³/mol. The van der Waals surface area contributed by atoms with Crippen LogP contribution in [0, 0.1) is 0 Å². The van der Waals surface area contributed by atoms with Crippen molar-refractivity contribution >= 4 is 23.3 Å². The Morgan fingerprint density at radius 1 is 1.00 bits per heavy atom. The Hall–Kier alpha value is -2.66. The third-order valence-corrected chi connectivity index (χ3v) is 3.09. The second kappa shape index (κ2) is 9.38. The Morgan fingerprint density at radius 2 is 1.57 bits per heavy atom. The maximum absolute atomic E-state index is 5.61. The smallest absolute Gasteiger partial charge is 0.109 e. The Morgan fingerprint density at radius 3 is 2.13 bits per heavy atom. The highest BCUT2D eigenvalue weighted by atomic mass is 16.5. The molecular weight excluding hydrogens is 288 g/mol. The third-order valence-electron chi connectivity index (χ3n) is 3.09. The van der Waals surface area contributed by atoms with Crippen molar-refractivity contribution in [3.05, 3.63) is 60.7 Å². The summed E-state index contributed by atoms with van der Waals surface area (Å²) in [5.41, 5.74) is 8.54. The summed E-state index contributed by atoms with van der Waals surface area (Å²) in [6.07, 6.45) is 1.51. The number of hydrogen-bond donors (Lipinski definition) is 2. The molecule has 2 aromatic rings. The van der Waals surface area contributed by atoms with E-state index < -0.39 is 0 Å². The van der Waals surface area contributed by atoms with Crippen molar-refractivity contribution in [1.29, 1.82) is 0 Å². The molecule has 0 aliphatic heterocycles. The summed E-state index contributed by atoms with van der Waals surface area (Å²) in [6.45, 7) is 4.52. The molecule has 0 unspecified atom stereocenters. The first-order valence-corrected chi connectivity index (χ1v) is 7.64. The first-order valence-electron chi connectivity index (χ1n) is 7.64. The molecule has 1 atom stereocenters. The van der Waals surface area contributed by atoms with Gasteiger partial charge in [-0.15, -0.1) is 0 Å². The lowest BCUT2D eigenvalue weighted by Crippen LogP contribution is -2.23. The van der Waals surface area contributed by atoms with Gasteiger partial charge in [-0.3, -0.25) is 10.9 Å². The van der Waals surface area contributed by atoms with Crippen LogP contribution in [0.15, 0.2) is 70.9 Å². The van der Waals surface area contributed by atoms with Crippen LogP contribution in [0.3, 0.4) is 0 Å². The molecular formula is C18H22N4O. The fourth-order valence-corrected chi connectivity index (χ4v) is 1.89. The monoisotopic (exact) mass is 310 g/mol. The van der Waals surface area contributed by atoms with Crippen LogP contribution in [0.1, 0.15) is 13.8 Å². The number of para-hydroxylation sites is 2. The van der Waals surface area contributed by atoms with Crippen LogP contribution in [0.2, 0.25) is 0 Å². The minimum absolute atomic E-state index is 0.155. The minimum Gasteiger partial charge on any atom is -0.372 e. The quantitative estimate of drug-likeness (QED) is 0.573. The summed E-state index contributed by atoms with van der Waals surface area (Å²) >= 11 is 0. The third kappa shape index (κ3) is 5.92. The lowest BCUT2D eigenvalue weighted by molar-refractivity contribution is 0.123. The molecule has 0 saturated heterocycles. The maximum Gasteiger partial charge on any atom is 0.109 e. The van der Waals surface area contributed by atoms with Gasteiger partial charge in [0, 0.05) is 6.61 Å². The van der Waals surface area contributed by atoms with Gasteiger partial charge in [0.2, 0.25) is 0 Å². The molecule has 5 nitrogen and oxygen atoms in total. The molecule has 0 aliphatic rings. The molecule has 0 amide bonds. The van der Waals surface area contributed by atoms with E-state index in [1.54, 1.807) is 6.21 Å². The topological polar surface area (TPSA) is 58.0 Å². The van der Waals surface area contributed by atoms with Gasteiger partial charge in [-0.25, -0.2) is 0 Å². The molecule has 2 aromatic carbocycles. The second-order valence-corrected chi connectivity index (χ2v) is 4.85. The van der Waals surface area contributed by atoms with Crippen molar-refractivity contribution in [1.82, 2.24) is 0 Å². The normalized spacial score (nSPS) is 13.0. The lowest BCUT2D eigenvalue weighted by Gasteiger charge is -2.12. The minimum atomic E-state index is -0.155. The molecule has 0 fully saturated rings. The summed E-state index contributed by atoms with van der Waals surface area (Å²) < 4.78 is 5.61. The molecule has 0 saturated carbocycles. The van der Waals surface area contributed by atoms with Gasteiger partial charge in [-0.1, -0.05) is 36.4 Å². The van der Waals surface area contributed by atoms with Crippen LogP contribution in [0.25, 0.3) is 0 Å². The largest absolute Gasteiger partial charge is 0.372 e. The number of hydrogen-bond acceptors (Lipinski definition) is 5. The number of anilines is 2. The fourth-order valence-electron chi connectivity index (χ4n) is 1.89. The zero-order valence-electron chi connectivity index (χ0n) is 13.4. The summed E-state index contributed by atoms with van der Waals surface area (Å²) in [7, 11) is 0. The summed E-state index contributed by atoms with van der Waals surface area (Å²) in [4.78, 5) is 0. The van der Waals surface area contributed by atoms with Crippen molar-refractivity contribution in [2.75, 3.05) is 17.5 Å². The highest BCUT2D eigenvalue weighted by Crippen LogP contribution is 2.06. The molecule has 0 spiro atoms. The molecule has 23 heavy (non-hydrogen) atoms. The summed E-state index contributed by atoms with van der Waals surface area (Å²) in [5.74, 6) is 0. The first kappa shape index (κ1) is 16.7. The Kier molecular flexibility index (Phi) is 6.81. The number of benzene rings is 2. The average Bonchev–Trinajstić information content (AvgIpc) is 2.60. The van der Waals surface area contributed by atoms with Gasteiger partial charge in [-0.05, 0) is 38.1 Å². The van der Waals surface area contributed by atoms with Crippen molar-refractivity contribution in [3.8, 4) is 0 Å². The van der Waals surface area contributed by atoms with Gasteiger partial charge in [0.25, 0.3) is 0 Å². The zero-order chi connectivity index (χ0) is 16.3. The molecule has 120 valence electrons. The number of rotatable bonds is 8. The maximum atomic E-state index is 5.61. The molecule has 2 rings (SSSR count). The summed E-state index contributed by atoms with van der Waals surface area (Å²) in [5, 5.41) is 8.63. The van der Waals surface area contributed by atoms with E-state index in [0.717, 1.165) is 11.4 Å². The number of nitrogens with zero attached hydrogens (tertiary/aromatic N) is 2. The van der Waals surface area contributed by atoms with E-state index in [1.807, 2.05) is 74.5 Å². The lowest BCUT2D eigenvalue weighted by atomic mass is 10.2. The van der Waals surface area contributed by atoms with Gasteiger partial charge >= 0.3 is 0 Å². The van der Waals surface area contributed by atoms with Gasteiger partial charge in [0.15, 0.2) is 0 Å². The Balaban J connectivity index is 2.04. The van der Waals surface area contributed by atoms with Crippen molar-refractivity contribution in [2.45, 2.75) is 20.0 Å². The molecule has 0 aliphatic carbocycles. The fraction of sp³-hybridized carbons (Fsp3) is 0.222. The van der Waals surface area contributed by atoms with Crippen molar-refractivity contribution in [3.63, 3.8) is 0 Å². The molecule has 0 bridgehead atoms. The Bertz CT molecular complexity index is 626. The van der Waals surface area contributed by atoms with Gasteiger partial charge in [0.05, 0.1) is 17.6 Å². The van der Waals surface area contributed by atoms with E-state index in [2.05, 4.69) is 21.1 Å². The van der Waals surface area contributed by atoms with Crippen LogP contribution >= 0.6 is 0 Å². The number of hydrazone groups is 2. The zero-order valence-corrected chi connectivity index (χ0v) is 13.4. The summed E-state index contributed by atoms with van der Waals surface area (Å²) in [6, 6.07) is 19.5. The highest BCUT2D eigenvalue weighted by Gasteiger charge is 2.08. The van der Waals surface area contributed by atoms with Crippen LogP contribution in [-0.4, -0.2) is 24.6 Å². The van der Waals surface area contributed by atoms with Gasteiger partial charge < -0.3 is 4.74 Å². The van der Waals surface area contributed by atoms with Gasteiger partial charge in [0.1, 0.15) is 11.8 Å². The van der Waals surface area contributed by atoms with E-state index in [1.165, 1.54) is 0 Å². The Labute approximate surface area is 137 Å². The highest BCUT2D eigenvalue weighted by molar-refractivity contribution is 6.32. The number of nitrogens with one attached hydrogen (secondary N) is 2. The van der Waals surface area contributed by atoms with E-state index in [9.17, 15) is 0 Å². The molecule has 5 heteroatoms.